The molecule has 1 amide bonds. The summed E-state index contributed by atoms with van der Waals surface area (Å²) in [4.78, 5) is 38.3. The monoisotopic (exact) mass is 410 g/mol. The highest BCUT2D eigenvalue weighted by Crippen LogP contribution is 2.27. The zero-order valence-corrected chi connectivity index (χ0v) is 17.2. The van der Waals surface area contributed by atoms with Gasteiger partial charge in [-0.05, 0) is 38.1 Å². The van der Waals surface area contributed by atoms with Crippen molar-refractivity contribution in [2.24, 2.45) is 0 Å². The van der Waals surface area contributed by atoms with Crippen LogP contribution < -0.4 is 9.64 Å². The summed E-state index contributed by atoms with van der Waals surface area (Å²) >= 11 is 1.57. The van der Waals surface area contributed by atoms with Crippen LogP contribution in [0.5, 0.6) is 5.75 Å². The van der Waals surface area contributed by atoms with Crippen molar-refractivity contribution >= 4 is 38.5 Å². The molecule has 0 radical (unpaired) electrons. The van der Waals surface area contributed by atoms with E-state index in [9.17, 15) is 9.59 Å². The van der Waals surface area contributed by atoms with E-state index < -0.39 is 6.10 Å². The Labute approximate surface area is 172 Å². The molecular formula is C21H22N4O3S. The molecule has 1 aliphatic heterocycles. The van der Waals surface area contributed by atoms with E-state index in [0.29, 0.717) is 24.4 Å². The normalized spacial score (nSPS) is 15.4. The molecule has 3 heterocycles. The molecule has 1 saturated heterocycles. The van der Waals surface area contributed by atoms with Crippen molar-refractivity contribution in [3.63, 3.8) is 0 Å². The second kappa shape index (κ2) is 8.16. The molecular weight excluding hydrogens is 388 g/mol. The van der Waals surface area contributed by atoms with Gasteiger partial charge in [-0.1, -0.05) is 23.5 Å². The largest absolute Gasteiger partial charge is 0.481 e. The summed E-state index contributed by atoms with van der Waals surface area (Å²) in [6.45, 7) is 5.92. The molecule has 1 aromatic carbocycles. The summed E-state index contributed by atoms with van der Waals surface area (Å²) in [7, 11) is 0. The molecule has 7 nitrogen and oxygen atoms in total. The number of thiazole rings is 1. The molecule has 1 unspecified atom stereocenters. The topological polar surface area (TPSA) is 75.6 Å². The average Bonchev–Trinajstić information content (AvgIpc) is 3.18. The Kier molecular flexibility index (Phi) is 5.44. The molecule has 1 fully saturated rings. The maximum Gasteiger partial charge on any atom is 0.263 e. The first-order chi connectivity index (χ1) is 14.0. The minimum absolute atomic E-state index is 0.0319. The number of fused-ring (bicyclic) bond motifs is 1. The summed E-state index contributed by atoms with van der Waals surface area (Å²) in [5.74, 6) is 0.443. The van der Waals surface area contributed by atoms with Gasteiger partial charge in [-0.15, -0.1) is 0 Å². The van der Waals surface area contributed by atoms with Crippen LogP contribution in [0.2, 0.25) is 0 Å². The van der Waals surface area contributed by atoms with Crippen LogP contribution in [0.4, 0.5) is 5.13 Å². The molecule has 0 saturated carbocycles. The van der Waals surface area contributed by atoms with E-state index in [1.54, 1.807) is 48.7 Å². The van der Waals surface area contributed by atoms with Gasteiger partial charge in [0.05, 0.1) is 0 Å². The number of carbonyl (C=O) groups is 2. The third kappa shape index (κ3) is 4.22. The number of Topliss-reactive ketones (excluding diaryl/α,β-unsaturated/α-hetero) is 1. The summed E-state index contributed by atoms with van der Waals surface area (Å²) in [6.07, 6.45) is 1.16. The maximum atomic E-state index is 12.8. The predicted molar refractivity (Wildman–Crippen MR) is 113 cm³/mol. The number of piperazine rings is 1. The molecule has 3 aromatic rings. The van der Waals surface area contributed by atoms with E-state index >= 15 is 0 Å². The summed E-state index contributed by atoms with van der Waals surface area (Å²) < 4.78 is 5.80. The minimum Gasteiger partial charge on any atom is -0.481 e. The van der Waals surface area contributed by atoms with Crippen molar-refractivity contribution in [1.29, 1.82) is 0 Å². The second-order valence-corrected chi connectivity index (χ2v) is 7.94. The van der Waals surface area contributed by atoms with Gasteiger partial charge < -0.3 is 14.5 Å². The molecule has 0 aliphatic carbocycles. The fraction of sp³-hybridized carbons (Fsp3) is 0.333. The van der Waals surface area contributed by atoms with E-state index in [1.165, 1.54) is 6.92 Å². The molecule has 8 heteroatoms. The molecule has 0 bridgehead atoms. The van der Waals surface area contributed by atoms with Gasteiger partial charge >= 0.3 is 0 Å². The maximum absolute atomic E-state index is 12.8. The first-order valence-electron chi connectivity index (χ1n) is 9.54. The van der Waals surface area contributed by atoms with Gasteiger partial charge in [-0.25, -0.2) is 9.97 Å². The number of carbonyl (C=O) groups excluding carboxylic acids is 2. The standard InChI is InChI=1S/C21H22N4O3S/c1-14(26)16-5-3-6-17(13-16)28-15(2)20(27)24-9-11-25(12-10-24)21-23-18-7-4-8-22-19(18)29-21/h3-8,13,15H,9-12H2,1-2H3. The number of nitrogens with zero attached hydrogens (tertiary/aromatic N) is 4. The number of rotatable bonds is 5. The molecule has 150 valence electrons. The number of pyridine rings is 1. The average molecular weight is 410 g/mol. The fourth-order valence-electron chi connectivity index (χ4n) is 3.31. The highest BCUT2D eigenvalue weighted by molar-refractivity contribution is 7.21. The van der Waals surface area contributed by atoms with Crippen molar-refractivity contribution in [3.05, 3.63) is 48.2 Å². The van der Waals surface area contributed by atoms with Crippen LogP contribution in [-0.4, -0.2) is 58.8 Å². The third-order valence-corrected chi connectivity index (χ3v) is 5.96. The number of amides is 1. The Hall–Kier alpha value is -3.00. The van der Waals surface area contributed by atoms with Crippen molar-refractivity contribution in [1.82, 2.24) is 14.9 Å². The number of anilines is 1. The quantitative estimate of drug-likeness (QED) is 0.602. The van der Waals surface area contributed by atoms with E-state index in [4.69, 9.17) is 4.74 Å². The molecule has 29 heavy (non-hydrogen) atoms. The molecule has 0 spiro atoms. The third-order valence-electron chi connectivity index (χ3n) is 4.92. The highest BCUT2D eigenvalue weighted by atomic mass is 32.1. The lowest BCUT2D eigenvalue weighted by atomic mass is 10.1. The van der Waals surface area contributed by atoms with Gasteiger partial charge in [-0.3, -0.25) is 9.59 Å². The lowest BCUT2D eigenvalue weighted by Crippen LogP contribution is -2.52. The van der Waals surface area contributed by atoms with Crippen LogP contribution in [0.3, 0.4) is 0 Å². The zero-order chi connectivity index (χ0) is 20.4. The van der Waals surface area contributed by atoms with Crippen LogP contribution in [0.1, 0.15) is 24.2 Å². The van der Waals surface area contributed by atoms with Gasteiger partial charge in [0, 0.05) is 37.9 Å². The number of ether oxygens (including phenoxy) is 1. The first-order valence-corrected chi connectivity index (χ1v) is 10.4. The summed E-state index contributed by atoms with van der Waals surface area (Å²) in [5.41, 5.74) is 1.47. The van der Waals surface area contributed by atoms with Crippen molar-refractivity contribution in [2.75, 3.05) is 31.1 Å². The van der Waals surface area contributed by atoms with E-state index in [1.807, 2.05) is 17.0 Å². The molecule has 1 atom stereocenters. The Morgan fingerprint density at radius 2 is 1.93 bits per heavy atom. The Morgan fingerprint density at radius 3 is 2.66 bits per heavy atom. The number of hydrogen-bond acceptors (Lipinski definition) is 7. The Morgan fingerprint density at radius 1 is 1.14 bits per heavy atom. The molecule has 2 aromatic heterocycles. The van der Waals surface area contributed by atoms with Gasteiger partial charge in [0.15, 0.2) is 17.0 Å². The van der Waals surface area contributed by atoms with E-state index in [0.717, 1.165) is 28.6 Å². The second-order valence-electron chi connectivity index (χ2n) is 6.98. The van der Waals surface area contributed by atoms with Gasteiger partial charge in [0.2, 0.25) is 0 Å². The van der Waals surface area contributed by atoms with Gasteiger partial charge in [0.1, 0.15) is 16.1 Å². The number of benzene rings is 1. The van der Waals surface area contributed by atoms with Crippen molar-refractivity contribution in [2.45, 2.75) is 20.0 Å². The van der Waals surface area contributed by atoms with Crippen molar-refractivity contribution < 1.29 is 14.3 Å². The molecule has 4 rings (SSSR count). The predicted octanol–water partition coefficient (Wildman–Crippen LogP) is 3.01. The van der Waals surface area contributed by atoms with Crippen LogP contribution >= 0.6 is 11.3 Å². The number of aromatic nitrogens is 2. The Balaban J connectivity index is 1.35. The minimum atomic E-state index is -0.615. The lowest BCUT2D eigenvalue weighted by Gasteiger charge is -2.35. The van der Waals surface area contributed by atoms with Crippen molar-refractivity contribution in [3.8, 4) is 5.75 Å². The van der Waals surface area contributed by atoms with Gasteiger partial charge in [0.25, 0.3) is 5.91 Å². The van der Waals surface area contributed by atoms with Crippen LogP contribution in [0, 0.1) is 0 Å². The molecule has 1 aliphatic rings. The fourth-order valence-corrected chi connectivity index (χ4v) is 4.27. The summed E-state index contributed by atoms with van der Waals surface area (Å²) in [6, 6.07) is 10.8. The van der Waals surface area contributed by atoms with Crippen LogP contribution in [0.25, 0.3) is 10.3 Å². The highest BCUT2D eigenvalue weighted by Gasteiger charge is 2.27. The number of ketones is 1. The Bertz CT molecular complexity index is 1010. The number of hydrogen-bond donors (Lipinski definition) is 0. The van der Waals surface area contributed by atoms with Crippen LogP contribution in [-0.2, 0) is 4.79 Å². The lowest BCUT2D eigenvalue weighted by molar-refractivity contribution is -0.138. The molecule has 0 N–H and O–H groups in total. The van der Waals surface area contributed by atoms with E-state index in [-0.39, 0.29) is 11.7 Å². The smallest absolute Gasteiger partial charge is 0.263 e. The SMILES string of the molecule is CC(=O)c1cccc(OC(C)C(=O)N2CCN(c3nc4cccnc4s3)CC2)c1. The first kappa shape index (κ1) is 19.3. The van der Waals surface area contributed by atoms with Gasteiger partial charge in [-0.2, -0.15) is 0 Å². The van der Waals surface area contributed by atoms with Crippen LogP contribution in [0.15, 0.2) is 42.6 Å². The van der Waals surface area contributed by atoms with E-state index in [2.05, 4.69) is 14.9 Å². The zero-order valence-electron chi connectivity index (χ0n) is 16.4. The summed E-state index contributed by atoms with van der Waals surface area (Å²) in [5, 5.41) is 0.941.